The summed E-state index contributed by atoms with van der Waals surface area (Å²) >= 11 is 6.52. The van der Waals surface area contributed by atoms with Crippen LogP contribution in [0.15, 0.2) is 60.7 Å². The van der Waals surface area contributed by atoms with Gasteiger partial charge in [-0.15, -0.1) is 11.6 Å². The first kappa shape index (κ1) is 20.6. The fraction of sp³-hybridized carbons (Fsp3) is 0.455. The Hall–Kier alpha value is -1.17. The molecule has 2 aromatic rings. The van der Waals surface area contributed by atoms with Gasteiger partial charge in [0, 0.05) is 13.5 Å². The molecule has 0 radical (unpaired) electrons. The van der Waals surface area contributed by atoms with Crippen LogP contribution in [0.1, 0.15) is 27.2 Å². The first-order valence-corrected chi connectivity index (χ1v) is 11.8. The number of benzene rings is 2. The average molecular weight is 405 g/mol. The fourth-order valence-electron chi connectivity index (χ4n) is 3.94. The highest BCUT2D eigenvalue weighted by Gasteiger charge is 2.51. The van der Waals surface area contributed by atoms with Gasteiger partial charge in [0.05, 0.1) is 18.1 Å². The Morgan fingerprint density at radius 3 is 1.93 bits per heavy atom. The van der Waals surface area contributed by atoms with Gasteiger partial charge >= 0.3 is 0 Å². The normalized spacial score (nSPS) is 23.5. The highest BCUT2D eigenvalue weighted by molar-refractivity contribution is 6.99. The second-order valence-corrected chi connectivity index (χ2v) is 12.9. The van der Waals surface area contributed by atoms with Crippen LogP contribution >= 0.6 is 11.6 Å². The van der Waals surface area contributed by atoms with Crippen molar-refractivity contribution in [3.8, 4) is 0 Å². The van der Waals surface area contributed by atoms with Crippen LogP contribution in [0, 0.1) is 0 Å². The molecule has 0 aromatic heterocycles. The third-order valence-electron chi connectivity index (χ3n) is 5.29. The topological polar surface area (TPSA) is 27.7 Å². The molecule has 1 fully saturated rings. The van der Waals surface area contributed by atoms with Crippen molar-refractivity contribution in [2.75, 3.05) is 13.7 Å². The average Bonchev–Trinajstić information content (AvgIpc) is 3.03. The van der Waals surface area contributed by atoms with E-state index in [2.05, 4.69) is 69.3 Å². The second kappa shape index (κ2) is 8.46. The van der Waals surface area contributed by atoms with Crippen LogP contribution < -0.4 is 10.4 Å². The third-order valence-corrected chi connectivity index (χ3v) is 10.8. The van der Waals surface area contributed by atoms with Crippen LogP contribution in [0.5, 0.6) is 0 Å². The van der Waals surface area contributed by atoms with Gasteiger partial charge in [-0.1, -0.05) is 81.4 Å². The van der Waals surface area contributed by atoms with Crippen molar-refractivity contribution in [2.24, 2.45) is 0 Å². The Balaban J connectivity index is 2.00. The molecular weight excluding hydrogens is 376 g/mol. The van der Waals surface area contributed by atoms with Crippen LogP contribution in [-0.4, -0.2) is 39.8 Å². The number of ether oxygens (including phenoxy) is 2. The monoisotopic (exact) mass is 404 g/mol. The van der Waals surface area contributed by atoms with Crippen LogP contribution in [-0.2, 0) is 13.9 Å². The standard InChI is InChI=1S/C22H29ClO3Si/c1-22(2,3)27(17-11-7-5-8-12-17,18-13-9-6-10-14-18)25-16-20-19(23)15-21(24-4)26-20/h5-14,19-21H,15-16H2,1-4H3/t19-,20-,21-/m1/s1. The van der Waals surface area contributed by atoms with E-state index in [0.717, 1.165) is 0 Å². The van der Waals surface area contributed by atoms with E-state index in [0.29, 0.717) is 13.0 Å². The van der Waals surface area contributed by atoms with E-state index in [1.54, 1.807) is 7.11 Å². The quantitative estimate of drug-likeness (QED) is 0.539. The zero-order chi connectivity index (χ0) is 19.5. The second-order valence-electron chi connectivity index (χ2n) is 8.07. The Morgan fingerprint density at radius 1 is 1.00 bits per heavy atom. The summed E-state index contributed by atoms with van der Waals surface area (Å²) in [6.45, 7) is 7.27. The lowest BCUT2D eigenvalue weighted by molar-refractivity contribution is -0.121. The minimum absolute atomic E-state index is 0.0588. The molecule has 1 heterocycles. The molecule has 0 saturated carbocycles. The van der Waals surface area contributed by atoms with Crippen LogP contribution in [0.25, 0.3) is 0 Å². The van der Waals surface area contributed by atoms with E-state index in [9.17, 15) is 0 Å². The Bertz CT molecular complexity index is 678. The fourth-order valence-corrected chi connectivity index (χ4v) is 8.78. The van der Waals surface area contributed by atoms with Gasteiger partial charge in [0.25, 0.3) is 8.32 Å². The molecule has 1 saturated heterocycles. The molecule has 0 bridgehead atoms. The molecule has 2 aromatic carbocycles. The number of alkyl halides is 1. The molecule has 0 unspecified atom stereocenters. The van der Waals surface area contributed by atoms with E-state index in [-0.39, 0.29) is 22.8 Å². The first-order valence-electron chi connectivity index (χ1n) is 9.46. The van der Waals surface area contributed by atoms with Crippen LogP contribution in [0.4, 0.5) is 0 Å². The summed E-state index contributed by atoms with van der Waals surface area (Å²) in [7, 11) is -0.906. The molecule has 3 rings (SSSR count). The summed E-state index contributed by atoms with van der Waals surface area (Å²) in [5, 5.41) is 2.36. The van der Waals surface area contributed by atoms with Crippen molar-refractivity contribution in [3.05, 3.63) is 60.7 Å². The van der Waals surface area contributed by atoms with E-state index in [4.69, 9.17) is 25.5 Å². The van der Waals surface area contributed by atoms with Gasteiger partial charge in [-0.25, -0.2) is 0 Å². The number of rotatable bonds is 6. The van der Waals surface area contributed by atoms with E-state index in [1.165, 1.54) is 10.4 Å². The smallest absolute Gasteiger partial charge is 0.261 e. The highest BCUT2D eigenvalue weighted by Crippen LogP contribution is 2.37. The highest BCUT2D eigenvalue weighted by atomic mass is 35.5. The zero-order valence-electron chi connectivity index (χ0n) is 16.5. The zero-order valence-corrected chi connectivity index (χ0v) is 18.3. The maximum Gasteiger partial charge on any atom is 0.261 e. The lowest BCUT2D eigenvalue weighted by atomic mass is 10.2. The SMILES string of the molecule is CO[C@H]1C[C@@H](Cl)[C@@H](CO[Si](c2ccccc2)(c2ccccc2)C(C)(C)C)O1. The summed E-state index contributed by atoms with van der Waals surface area (Å²) in [6, 6.07) is 21.2. The molecule has 1 aliphatic rings. The van der Waals surface area contributed by atoms with Gasteiger partial charge in [0.2, 0.25) is 0 Å². The molecule has 0 N–H and O–H groups in total. The van der Waals surface area contributed by atoms with Crippen molar-refractivity contribution >= 4 is 30.3 Å². The largest absolute Gasteiger partial charge is 0.405 e. The third kappa shape index (κ3) is 4.15. The predicted octanol–water partition coefficient (Wildman–Crippen LogP) is 3.93. The number of hydrogen-bond acceptors (Lipinski definition) is 3. The van der Waals surface area contributed by atoms with Crippen molar-refractivity contribution in [1.82, 2.24) is 0 Å². The molecule has 27 heavy (non-hydrogen) atoms. The molecule has 1 aliphatic heterocycles. The maximum atomic E-state index is 6.89. The Labute approximate surface area is 168 Å². The van der Waals surface area contributed by atoms with E-state index in [1.807, 2.05) is 12.1 Å². The van der Waals surface area contributed by atoms with Gasteiger partial charge in [-0.2, -0.15) is 0 Å². The van der Waals surface area contributed by atoms with Crippen molar-refractivity contribution in [1.29, 1.82) is 0 Å². The van der Waals surface area contributed by atoms with Gasteiger partial charge in [-0.05, 0) is 15.4 Å². The minimum atomic E-state index is -2.56. The van der Waals surface area contributed by atoms with Crippen molar-refractivity contribution in [2.45, 2.75) is 50.0 Å². The predicted molar refractivity (Wildman–Crippen MR) is 114 cm³/mol. The molecule has 3 nitrogen and oxygen atoms in total. The van der Waals surface area contributed by atoms with E-state index < -0.39 is 8.32 Å². The minimum Gasteiger partial charge on any atom is -0.405 e. The summed E-state index contributed by atoms with van der Waals surface area (Å²) in [5.74, 6) is 0. The molecule has 0 amide bonds. The van der Waals surface area contributed by atoms with Crippen LogP contribution in [0.3, 0.4) is 0 Å². The molecule has 0 spiro atoms. The lowest BCUT2D eigenvalue weighted by Crippen LogP contribution is -2.67. The molecule has 3 atom stereocenters. The van der Waals surface area contributed by atoms with E-state index >= 15 is 0 Å². The number of halogens is 1. The van der Waals surface area contributed by atoms with Gasteiger partial charge in [0.1, 0.15) is 0 Å². The summed E-state index contributed by atoms with van der Waals surface area (Å²) in [4.78, 5) is 0. The maximum absolute atomic E-state index is 6.89. The van der Waals surface area contributed by atoms with Gasteiger partial charge < -0.3 is 13.9 Å². The summed E-state index contributed by atoms with van der Waals surface area (Å²) in [6.07, 6.45) is 0.269. The molecular formula is C22H29ClO3Si. The molecule has 0 aliphatic carbocycles. The molecule has 146 valence electrons. The summed E-state index contributed by atoms with van der Waals surface area (Å²) in [5.41, 5.74) is 0. The lowest BCUT2D eigenvalue weighted by Gasteiger charge is -2.43. The molecule has 5 heteroatoms. The van der Waals surface area contributed by atoms with Crippen LogP contribution in [0.2, 0.25) is 5.04 Å². The van der Waals surface area contributed by atoms with Crippen molar-refractivity contribution < 1.29 is 13.9 Å². The van der Waals surface area contributed by atoms with Crippen molar-refractivity contribution in [3.63, 3.8) is 0 Å². The Kier molecular flexibility index (Phi) is 6.44. The first-order chi connectivity index (χ1) is 12.9. The number of hydrogen-bond donors (Lipinski definition) is 0. The summed E-state index contributed by atoms with van der Waals surface area (Å²) < 4.78 is 18.2. The Morgan fingerprint density at radius 2 is 1.52 bits per heavy atom. The number of methoxy groups -OCH3 is 1. The van der Waals surface area contributed by atoms with Gasteiger partial charge in [-0.3, -0.25) is 0 Å². The van der Waals surface area contributed by atoms with Gasteiger partial charge in [0.15, 0.2) is 6.29 Å².